The Morgan fingerprint density at radius 2 is 2.10 bits per heavy atom. The van der Waals surface area contributed by atoms with Crippen molar-refractivity contribution in [2.24, 2.45) is 0 Å². The monoisotopic (exact) mass is 377 g/mol. The van der Waals surface area contributed by atoms with Crippen LogP contribution in [0.3, 0.4) is 0 Å². The highest BCUT2D eigenvalue weighted by Crippen LogP contribution is 2.30. The van der Waals surface area contributed by atoms with Gasteiger partial charge in [-0.25, -0.2) is 8.42 Å². The number of halogens is 1. The molecule has 1 aromatic heterocycles. The Labute approximate surface area is 129 Å². The number of ether oxygens (including phenoxy) is 1. The van der Waals surface area contributed by atoms with Gasteiger partial charge in [-0.1, -0.05) is 0 Å². The molecule has 2 rings (SSSR count). The molecule has 1 heterocycles. The van der Waals surface area contributed by atoms with Gasteiger partial charge in [-0.05, 0) is 46.3 Å². The molecule has 0 bridgehead atoms. The summed E-state index contributed by atoms with van der Waals surface area (Å²) in [6.45, 7) is -0.172. The molecule has 0 aliphatic carbocycles. The van der Waals surface area contributed by atoms with Gasteiger partial charge in [0.15, 0.2) is 0 Å². The van der Waals surface area contributed by atoms with Gasteiger partial charge in [0.25, 0.3) is 10.0 Å². The highest BCUT2D eigenvalue weighted by molar-refractivity contribution is 9.10. The summed E-state index contributed by atoms with van der Waals surface area (Å²) < 4.78 is 32.7. The van der Waals surface area contributed by atoms with Crippen LogP contribution in [0.1, 0.15) is 4.88 Å². The summed E-state index contributed by atoms with van der Waals surface area (Å²) >= 11 is 4.33. The molecule has 0 aliphatic rings. The number of anilines is 1. The number of sulfonamides is 1. The standard InChI is InChI=1S/C12H12BrNO4S2/c1-18-11-4-2-8(6-10(11)13)14-20(16,17)12-5-3-9(7-15)19-12/h2-6,14-15H,7H2,1H3. The average molecular weight is 378 g/mol. The van der Waals surface area contributed by atoms with Crippen molar-refractivity contribution in [3.63, 3.8) is 0 Å². The topological polar surface area (TPSA) is 75.6 Å². The molecule has 2 N–H and O–H groups in total. The molecule has 0 atom stereocenters. The van der Waals surface area contributed by atoms with Crippen LogP contribution < -0.4 is 9.46 Å². The van der Waals surface area contributed by atoms with Gasteiger partial charge in [0.2, 0.25) is 0 Å². The zero-order chi connectivity index (χ0) is 14.8. The first-order valence-electron chi connectivity index (χ1n) is 5.52. The Hall–Kier alpha value is -1.09. The van der Waals surface area contributed by atoms with Crippen molar-refractivity contribution in [1.29, 1.82) is 0 Å². The lowest BCUT2D eigenvalue weighted by Gasteiger charge is -2.08. The lowest BCUT2D eigenvalue weighted by molar-refractivity contribution is 0.285. The number of methoxy groups -OCH3 is 1. The predicted octanol–water partition coefficient (Wildman–Crippen LogP) is 2.81. The molecular formula is C12H12BrNO4S2. The number of aliphatic hydroxyl groups is 1. The van der Waals surface area contributed by atoms with E-state index in [1.54, 1.807) is 24.3 Å². The van der Waals surface area contributed by atoms with E-state index in [4.69, 9.17) is 9.84 Å². The van der Waals surface area contributed by atoms with Crippen LogP contribution in [0.15, 0.2) is 39.0 Å². The molecule has 5 nitrogen and oxygen atoms in total. The van der Waals surface area contributed by atoms with Gasteiger partial charge in [0, 0.05) is 4.88 Å². The van der Waals surface area contributed by atoms with Crippen LogP contribution in [-0.2, 0) is 16.6 Å². The third-order valence-electron chi connectivity index (χ3n) is 2.46. The number of hydrogen-bond acceptors (Lipinski definition) is 5. The van der Waals surface area contributed by atoms with Crippen LogP contribution in [0.25, 0.3) is 0 Å². The summed E-state index contributed by atoms with van der Waals surface area (Å²) in [6.07, 6.45) is 0. The number of aliphatic hydroxyl groups excluding tert-OH is 1. The highest BCUT2D eigenvalue weighted by Gasteiger charge is 2.17. The van der Waals surface area contributed by atoms with Crippen molar-refractivity contribution in [2.75, 3.05) is 11.8 Å². The summed E-state index contributed by atoms with van der Waals surface area (Å²) in [6, 6.07) is 7.95. The normalized spacial score (nSPS) is 11.3. The second-order valence-electron chi connectivity index (χ2n) is 3.83. The van der Waals surface area contributed by atoms with Crippen molar-refractivity contribution < 1.29 is 18.3 Å². The molecule has 0 radical (unpaired) electrons. The fourth-order valence-corrected chi connectivity index (χ4v) is 4.33. The van der Waals surface area contributed by atoms with Gasteiger partial charge in [0.1, 0.15) is 9.96 Å². The molecule has 0 fully saturated rings. The quantitative estimate of drug-likeness (QED) is 0.839. The van der Waals surface area contributed by atoms with Crippen molar-refractivity contribution in [3.05, 3.63) is 39.7 Å². The van der Waals surface area contributed by atoms with E-state index in [-0.39, 0.29) is 10.8 Å². The van der Waals surface area contributed by atoms with Crippen LogP contribution in [-0.4, -0.2) is 20.6 Å². The number of benzene rings is 1. The van der Waals surface area contributed by atoms with Gasteiger partial charge < -0.3 is 9.84 Å². The molecule has 0 unspecified atom stereocenters. The van der Waals surface area contributed by atoms with Crippen LogP contribution in [0.5, 0.6) is 5.75 Å². The van der Waals surface area contributed by atoms with Crippen molar-refractivity contribution in [2.45, 2.75) is 10.8 Å². The fourth-order valence-electron chi connectivity index (χ4n) is 1.52. The molecule has 0 aliphatic heterocycles. The van der Waals surface area contributed by atoms with Gasteiger partial charge in [-0.3, -0.25) is 4.72 Å². The van der Waals surface area contributed by atoms with E-state index < -0.39 is 10.0 Å². The van der Waals surface area contributed by atoms with E-state index in [0.717, 1.165) is 11.3 Å². The second kappa shape index (κ2) is 6.13. The number of thiophene rings is 1. The Balaban J connectivity index is 2.26. The third kappa shape index (κ3) is 3.32. The molecule has 0 spiro atoms. The zero-order valence-electron chi connectivity index (χ0n) is 10.5. The van der Waals surface area contributed by atoms with E-state index in [9.17, 15) is 8.42 Å². The molecule has 1 aromatic carbocycles. The average Bonchev–Trinajstić information content (AvgIpc) is 2.88. The Kier molecular flexibility index (Phi) is 4.69. The summed E-state index contributed by atoms with van der Waals surface area (Å²) in [7, 11) is -2.11. The Morgan fingerprint density at radius 1 is 1.35 bits per heavy atom. The van der Waals surface area contributed by atoms with Crippen molar-refractivity contribution >= 4 is 43.0 Å². The summed E-state index contributed by atoms with van der Waals surface area (Å²) in [5.41, 5.74) is 0.427. The van der Waals surface area contributed by atoms with Crippen molar-refractivity contribution in [1.82, 2.24) is 0 Å². The van der Waals surface area contributed by atoms with E-state index in [1.165, 1.54) is 13.2 Å². The van der Waals surface area contributed by atoms with Gasteiger partial charge in [0.05, 0.1) is 23.9 Å². The minimum Gasteiger partial charge on any atom is -0.496 e. The molecular weight excluding hydrogens is 366 g/mol. The van der Waals surface area contributed by atoms with Crippen molar-refractivity contribution in [3.8, 4) is 5.75 Å². The van der Waals surface area contributed by atoms with Crippen LogP contribution in [0, 0.1) is 0 Å². The summed E-state index contributed by atoms with van der Waals surface area (Å²) in [5.74, 6) is 0.617. The summed E-state index contributed by atoms with van der Waals surface area (Å²) in [4.78, 5) is 0.598. The molecule has 0 saturated carbocycles. The van der Waals surface area contributed by atoms with E-state index in [1.807, 2.05) is 0 Å². The van der Waals surface area contributed by atoms with Gasteiger partial charge in [-0.15, -0.1) is 11.3 Å². The predicted molar refractivity (Wildman–Crippen MR) is 81.7 cm³/mol. The Bertz CT molecular complexity index is 712. The maximum absolute atomic E-state index is 12.2. The summed E-state index contributed by atoms with van der Waals surface area (Å²) in [5, 5.41) is 8.98. The third-order valence-corrected chi connectivity index (χ3v) is 6.02. The van der Waals surface area contributed by atoms with Gasteiger partial charge >= 0.3 is 0 Å². The maximum atomic E-state index is 12.2. The van der Waals surface area contributed by atoms with Crippen LogP contribution >= 0.6 is 27.3 Å². The highest BCUT2D eigenvalue weighted by atomic mass is 79.9. The minimum atomic E-state index is -3.64. The number of rotatable bonds is 5. The van der Waals surface area contributed by atoms with E-state index in [2.05, 4.69) is 20.7 Å². The maximum Gasteiger partial charge on any atom is 0.271 e. The molecule has 0 amide bonds. The number of hydrogen-bond donors (Lipinski definition) is 2. The smallest absolute Gasteiger partial charge is 0.271 e. The van der Waals surface area contributed by atoms with E-state index in [0.29, 0.717) is 20.8 Å². The molecule has 8 heteroatoms. The lowest BCUT2D eigenvalue weighted by Crippen LogP contribution is -2.11. The molecule has 0 saturated heterocycles. The van der Waals surface area contributed by atoms with E-state index >= 15 is 0 Å². The Morgan fingerprint density at radius 3 is 2.65 bits per heavy atom. The van der Waals surface area contributed by atoms with Gasteiger partial charge in [-0.2, -0.15) is 0 Å². The SMILES string of the molecule is COc1ccc(NS(=O)(=O)c2ccc(CO)s2)cc1Br. The largest absolute Gasteiger partial charge is 0.496 e. The first-order valence-corrected chi connectivity index (χ1v) is 8.61. The zero-order valence-corrected chi connectivity index (χ0v) is 13.7. The molecule has 2 aromatic rings. The molecule has 108 valence electrons. The second-order valence-corrected chi connectivity index (χ2v) is 7.77. The number of nitrogens with one attached hydrogen (secondary N) is 1. The molecule has 20 heavy (non-hydrogen) atoms. The lowest BCUT2D eigenvalue weighted by atomic mass is 10.3. The van der Waals surface area contributed by atoms with Crippen LogP contribution in [0.4, 0.5) is 5.69 Å². The van der Waals surface area contributed by atoms with Crippen LogP contribution in [0.2, 0.25) is 0 Å². The first-order chi connectivity index (χ1) is 9.46. The first kappa shape index (κ1) is 15.3. The fraction of sp³-hybridized carbons (Fsp3) is 0.167. The minimum absolute atomic E-state index is 0.161.